The number of sulfonamides is 1. The summed E-state index contributed by atoms with van der Waals surface area (Å²) in [5, 5.41) is 0. The number of sulfone groups is 1. The van der Waals surface area contributed by atoms with Gasteiger partial charge in [0.1, 0.15) is 4.90 Å². The first-order chi connectivity index (χ1) is 13.6. The molecule has 0 heterocycles. The molecule has 3 aromatic rings. The van der Waals surface area contributed by atoms with Crippen LogP contribution in [0.2, 0.25) is 0 Å². The highest BCUT2D eigenvalue weighted by molar-refractivity contribution is 14.1. The van der Waals surface area contributed by atoms with Crippen LogP contribution in [-0.2, 0) is 19.9 Å². The molecule has 6 nitrogen and oxygen atoms in total. The first kappa shape index (κ1) is 21.6. The molecule has 0 fully saturated rings. The summed E-state index contributed by atoms with van der Waals surface area (Å²) in [6.45, 7) is 1.86. The average molecular weight is 543 g/mol. The van der Waals surface area contributed by atoms with Crippen LogP contribution >= 0.6 is 22.6 Å². The predicted molar refractivity (Wildman–Crippen MR) is 120 cm³/mol. The lowest BCUT2D eigenvalue weighted by molar-refractivity contribution is 0.399. The number of aryl methyl sites for hydroxylation is 1. The zero-order valence-electron chi connectivity index (χ0n) is 15.6. The molecule has 0 aliphatic carbocycles. The Balaban J connectivity index is 2.10. The van der Waals surface area contributed by atoms with E-state index in [-0.39, 0.29) is 26.1 Å². The van der Waals surface area contributed by atoms with Crippen LogP contribution in [0.25, 0.3) is 0 Å². The Bertz CT molecular complexity index is 1240. The van der Waals surface area contributed by atoms with Gasteiger partial charge in [0.05, 0.1) is 26.2 Å². The quantitative estimate of drug-likeness (QED) is 0.470. The fourth-order valence-corrected chi connectivity index (χ4v) is 6.24. The molecule has 3 aromatic carbocycles. The lowest BCUT2D eigenvalue weighted by Gasteiger charge is -2.15. The highest BCUT2D eigenvalue weighted by atomic mass is 127. The fourth-order valence-electron chi connectivity index (χ4n) is 2.68. The van der Waals surface area contributed by atoms with Crippen LogP contribution in [0, 0.1) is 10.5 Å². The second-order valence-corrected chi connectivity index (χ2v) is 11.0. The molecule has 29 heavy (non-hydrogen) atoms. The van der Waals surface area contributed by atoms with E-state index in [0.717, 1.165) is 5.56 Å². The minimum Gasteiger partial charge on any atom is -0.494 e. The Hall–Kier alpha value is -2.11. The van der Waals surface area contributed by atoms with Crippen LogP contribution in [0.4, 0.5) is 5.69 Å². The average Bonchev–Trinajstić information content (AvgIpc) is 2.68. The summed E-state index contributed by atoms with van der Waals surface area (Å²) in [5.74, 6) is 0.160. The Morgan fingerprint density at radius 1 is 0.862 bits per heavy atom. The van der Waals surface area contributed by atoms with Crippen LogP contribution in [0.15, 0.2) is 81.4 Å². The van der Waals surface area contributed by atoms with E-state index in [1.807, 2.05) is 29.5 Å². The van der Waals surface area contributed by atoms with Gasteiger partial charge in [-0.3, -0.25) is 4.72 Å². The van der Waals surface area contributed by atoms with Crippen molar-refractivity contribution in [3.05, 3.63) is 75.9 Å². The molecule has 3 rings (SSSR count). The van der Waals surface area contributed by atoms with Gasteiger partial charge in [-0.2, -0.15) is 0 Å². The largest absolute Gasteiger partial charge is 0.494 e. The normalized spacial score (nSPS) is 11.8. The molecule has 152 valence electrons. The highest BCUT2D eigenvalue weighted by Crippen LogP contribution is 2.36. The monoisotopic (exact) mass is 543 g/mol. The number of nitrogens with one attached hydrogen (secondary N) is 1. The van der Waals surface area contributed by atoms with Crippen molar-refractivity contribution in [3.63, 3.8) is 0 Å². The molecule has 0 atom stereocenters. The van der Waals surface area contributed by atoms with Crippen LogP contribution in [0.5, 0.6) is 5.75 Å². The van der Waals surface area contributed by atoms with Crippen molar-refractivity contribution in [1.82, 2.24) is 0 Å². The molecule has 0 aromatic heterocycles. The third kappa shape index (κ3) is 4.57. The number of methoxy groups -OCH3 is 1. The summed E-state index contributed by atoms with van der Waals surface area (Å²) < 4.78 is 59.9. The maximum absolute atomic E-state index is 13.1. The molecular weight excluding hydrogens is 525 g/mol. The van der Waals surface area contributed by atoms with Gasteiger partial charge in [0.25, 0.3) is 10.0 Å². The summed E-state index contributed by atoms with van der Waals surface area (Å²) in [4.78, 5) is 0.0636. The molecule has 0 saturated heterocycles. The fraction of sp³-hybridized carbons (Fsp3) is 0.100. The number of rotatable bonds is 6. The maximum atomic E-state index is 13.1. The molecule has 9 heteroatoms. The summed E-state index contributed by atoms with van der Waals surface area (Å²) >= 11 is 1.92. The first-order valence-electron chi connectivity index (χ1n) is 8.42. The van der Waals surface area contributed by atoms with Gasteiger partial charge >= 0.3 is 0 Å². The molecule has 0 radical (unpaired) electrons. The molecule has 0 saturated carbocycles. The lowest BCUT2D eigenvalue weighted by Crippen LogP contribution is -2.14. The van der Waals surface area contributed by atoms with Gasteiger partial charge in [0, 0.05) is 0 Å². The standard InChI is InChI=1S/C20H18INO5S2/c1-14-8-10-17(11-9-14)29(25,26)22-15-12-18(21)20(27-2)19(13-15)28(23,24)16-6-4-3-5-7-16/h3-13,22H,1-2H3. The lowest BCUT2D eigenvalue weighted by atomic mass is 10.2. The third-order valence-corrected chi connectivity index (χ3v) is 8.11. The van der Waals surface area contributed by atoms with E-state index in [1.165, 1.54) is 43.5 Å². The van der Waals surface area contributed by atoms with Gasteiger partial charge in [0.2, 0.25) is 9.84 Å². The van der Waals surface area contributed by atoms with Crippen LogP contribution in [-0.4, -0.2) is 23.9 Å². The number of hydrogen-bond acceptors (Lipinski definition) is 5. The summed E-state index contributed by atoms with van der Waals surface area (Å²) in [6, 6.07) is 17.1. The molecule has 1 N–H and O–H groups in total. The topological polar surface area (TPSA) is 89.5 Å². The SMILES string of the molecule is COc1c(I)cc(NS(=O)(=O)c2ccc(C)cc2)cc1S(=O)(=O)c1ccccc1. The van der Waals surface area contributed by atoms with Crippen LogP contribution in [0.3, 0.4) is 0 Å². The number of anilines is 1. The second kappa shape index (κ2) is 8.33. The third-order valence-electron chi connectivity index (χ3n) is 4.14. The van der Waals surface area contributed by atoms with Crippen molar-refractivity contribution < 1.29 is 21.6 Å². The first-order valence-corrected chi connectivity index (χ1v) is 12.5. The van der Waals surface area contributed by atoms with E-state index in [4.69, 9.17) is 4.74 Å². The number of halogens is 1. The zero-order valence-corrected chi connectivity index (χ0v) is 19.4. The molecule has 0 aliphatic rings. The number of hydrogen-bond donors (Lipinski definition) is 1. The smallest absolute Gasteiger partial charge is 0.261 e. The zero-order chi connectivity index (χ0) is 21.2. The number of benzene rings is 3. The minimum absolute atomic E-state index is 0.0846. The van der Waals surface area contributed by atoms with Crippen LogP contribution in [0.1, 0.15) is 5.56 Å². The van der Waals surface area contributed by atoms with Crippen molar-refractivity contribution in [2.45, 2.75) is 21.6 Å². The van der Waals surface area contributed by atoms with Gasteiger partial charge in [-0.1, -0.05) is 35.9 Å². The Morgan fingerprint density at radius 3 is 2.07 bits per heavy atom. The van der Waals surface area contributed by atoms with Crippen molar-refractivity contribution >= 4 is 48.1 Å². The van der Waals surface area contributed by atoms with Crippen molar-refractivity contribution in [2.24, 2.45) is 0 Å². The van der Waals surface area contributed by atoms with E-state index < -0.39 is 19.9 Å². The Kier molecular flexibility index (Phi) is 6.20. The summed E-state index contributed by atoms with van der Waals surface area (Å²) in [5.41, 5.74) is 1.06. The van der Waals surface area contributed by atoms with E-state index in [0.29, 0.717) is 3.57 Å². The molecule has 0 bridgehead atoms. The van der Waals surface area contributed by atoms with Crippen LogP contribution < -0.4 is 9.46 Å². The van der Waals surface area contributed by atoms with Crippen molar-refractivity contribution in [1.29, 1.82) is 0 Å². The van der Waals surface area contributed by atoms with Crippen molar-refractivity contribution in [3.8, 4) is 5.75 Å². The van der Waals surface area contributed by atoms with E-state index in [2.05, 4.69) is 4.72 Å². The molecular formula is C20H18INO5S2. The van der Waals surface area contributed by atoms with Gasteiger partial charge in [-0.25, -0.2) is 16.8 Å². The Labute approximate surface area is 184 Å². The van der Waals surface area contributed by atoms with Gasteiger partial charge in [-0.15, -0.1) is 0 Å². The maximum Gasteiger partial charge on any atom is 0.261 e. The van der Waals surface area contributed by atoms with Gasteiger partial charge in [-0.05, 0) is 65.9 Å². The highest BCUT2D eigenvalue weighted by Gasteiger charge is 2.26. The summed E-state index contributed by atoms with van der Waals surface area (Å²) in [6.07, 6.45) is 0. The second-order valence-electron chi connectivity index (χ2n) is 6.22. The summed E-state index contributed by atoms with van der Waals surface area (Å²) in [7, 11) is -6.43. The number of ether oxygens (including phenoxy) is 1. The predicted octanol–water partition coefficient (Wildman–Crippen LogP) is 4.24. The molecule has 0 spiro atoms. The van der Waals surface area contributed by atoms with Gasteiger partial charge in [0.15, 0.2) is 5.75 Å². The minimum atomic E-state index is -3.92. The Morgan fingerprint density at radius 2 is 1.48 bits per heavy atom. The van der Waals surface area contributed by atoms with E-state index in [1.54, 1.807) is 30.3 Å². The van der Waals surface area contributed by atoms with E-state index in [9.17, 15) is 16.8 Å². The van der Waals surface area contributed by atoms with Crippen molar-refractivity contribution in [2.75, 3.05) is 11.8 Å². The van der Waals surface area contributed by atoms with E-state index >= 15 is 0 Å². The molecule has 0 amide bonds. The van der Waals surface area contributed by atoms with Gasteiger partial charge < -0.3 is 4.74 Å². The molecule has 0 aliphatic heterocycles. The molecule has 0 unspecified atom stereocenters.